The van der Waals surface area contributed by atoms with Gasteiger partial charge in [0.15, 0.2) is 0 Å². The molecule has 0 bridgehead atoms. The van der Waals surface area contributed by atoms with Crippen LogP contribution in [0.3, 0.4) is 0 Å². The second kappa shape index (κ2) is 8.86. The van der Waals surface area contributed by atoms with E-state index in [0.29, 0.717) is 5.56 Å². The number of benzene rings is 3. The van der Waals surface area contributed by atoms with E-state index >= 15 is 0 Å². The van der Waals surface area contributed by atoms with E-state index in [0.717, 1.165) is 11.1 Å². The Morgan fingerprint density at radius 1 is 0.786 bits per heavy atom. The van der Waals surface area contributed by atoms with Gasteiger partial charge in [-0.2, -0.15) is 0 Å². The molecule has 0 aromatic heterocycles. The molecule has 5 nitrogen and oxygen atoms in total. The van der Waals surface area contributed by atoms with Gasteiger partial charge in [0.1, 0.15) is 11.8 Å². The van der Waals surface area contributed by atoms with Crippen molar-refractivity contribution in [3.05, 3.63) is 102 Å². The number of phenolic OH excluding ortho intramolecular Hbond substituents is 1. The minimum atomic E-state index is -1.11. The zero-order chi connectivity index (χ0) is 19.9. The van der Waals surface area contributed by atoms with Gasteiger partial charge < -0.3 is 15.5 Å². The monoisotopic (exact) mass is 375 g/mol. The number of nitrogens with one attached hydrogen (secondary N) is 1. The highest BCUT2D eigenvalue weighted by Crippen LogP contribution is 2.25. The van der Waals surface area contributed by atoms with Gasteiger partial charge in [-0.15, -0.1) is 0 Å². The van der Waals surface area contributed by atoms with Gasteiger partial charge in [-0.25, -0.2) is 4.79 Å². The second-order valence-corrected chi connectivity index (χ2v) is 6.52. The van der Waals surface area contributed by atoms with Crippen molar-refractivity contribution in [2.75, 3.05) is 0 Å². The third kappa shape index (κ3) is 4.76. The van der Waals surface area contributed by atoms with E-state index in [1.165, 1.54) is 12.1 Å². The van der Waals surface area contributed by atoms with E-state index in [1.807, 2.05) is 60.7 Å². The van der Waals surface area contributed by atoms with Crippen molar-refractivity contribution >= 4 is 11.9 Å². The van der Waals surface area contributed by atoms with Gasteiger partial charge in [0, 0.05) is 6.42 Å². The molecule has 142 valence electrons. The Bertz CT molecular complexity index is 884. The molecule has 0 saturated carbocycles. The zero-order valence-corrected chi connectivity index (χ0v) is 15.2. The largest absolute Gasteiger partial charge is 0.508 e. The van der Waals surface area contributed by atoms with Crippen LogP contribution in [-0.4, -0.2) is 28.1 Å². The molecule has 5 heteroatoms. The van der Waals surface area contributed by atoms with Crippen LogP contribution in [0, 0.1) is 0 Å². The molecule has 1 amide bonds. The quantitative estimate of drug-likeness (QED) is 0.591. The normalized spacial score (nSPS) is 11.8. The molecular weight excluding hydrogens is 354 g/mol. The maximum atomic E-state index is 13.1. The Kier molecular flexibility index (Phi) is 6.07. The van der Waals surface area contributed by atoms with Crippen LogP contribution in [0.5, 0.6) is 5.75 Å². The van der Waals surface area contributed by atoms with Gasteiger partial charge in [0.2, 0.25) is 5.91 Å². The number of carboxylic acid groups (broad SMARTS) is 1. The van der Waals surface area contributed by atoms with Crippen LogP contribution in [0.2, 0.25) is 0 Å². The van der Waals surface area contributed by atoms with Crippen molar-refractivity contribution < 1.29 is 19.8 Å². The Morgan fingerprint density at radius 3 is 1.75 bits per heavy atom. The summed E-state index contributed by atoms with van der Waals surface area (Å²) in [6.45, 7) is 0. The molecule has 0 aliphatic rings. The van der Waals surface area contributed by atoms with Crippen LogP contribution in [0.4, 0.5) is 0 Å². The van der Waals surface area contributed by atoms with E-state index < -0.39 is 17.9 Å². The smallest absolute Gasteiger partial charge is 0.326 e. The zero-order valence-electron chi connectivity index (χ0n) is 15.2. The molecule has 28 heavy (non-hydrogen) atoms. The second-order valence-electron chi connectivity index (χ2n) is 6.52. The summed E-state index contributed by atoms with van der Waals surface area (Å²) in [5.74, 6) is -1.98. The van der Waals surface area contributed by atoms with Crippen molar-refractivity contribution in [2.45, 2.75) is 18.4 Å². The highest BCUT2D eigenvalue weighted by atomic mass is 16.4. The lowest BCUT2D eigenvalue weighted by molar-refractivity contribution is -0.141. The first-order chi connectivity index (χ1) is 13.5. The van der Waals surface area contributed by atoms with E-state index in [1.54, 1.807) is 12.1 Å². The molecule has 3 aromatic rings. The average molecular weight is 375 g/mol. The van der Waals surface area contributed by atoms with Crippen LogP contribution < -0.4 is 5.32 Å². The molecule has 0 fully saturated rings. The summed E-state index contributed by atoms with van der Waals surface area (Å²) in [4.78, 5) is 24.8. The van der Waals surface area contributed by atoms with Gasteiger partial charge in [-0.1, -0.05) is 72.8 Å². The van der Waals surface area contributed by atoms with Crippen molar-refractivity contribution in [3.63, 3.8) is 0 Å². The fourth-order valence-corrected chi connectivity index (χ4v) is 3.11. The summed E-state index contributed by atoms with van der Waals surface area (Å²) < 4.78 is 0. The number of aliphatic carboxylic acids is 1. The van der Waals surface area contributed by atoms with Crippen LogP contribution in [0.1, 0.15) is 22.6 Å². The minimum Gasteiger partial charge on any atom is -0.508 e. The number of carbonyl (C=O) groups is 2. The summed E-state index contributed by atoms with van der Waals surface area (Å²) >= 11 is 0. The fraction of sp³-hybridized carbons (Fsp3) is 0.130. The standard InChI is InChI=1S/C23H21NO4/c25-19-13-11-16(12-14-19)15-20(23(27)28)24-22(26)21(17-7-3-1-4-8-17)18-9-5-2-6-10-18/h1-14,20-21,25H,15H2,(H,24,26)(H,27,28)/t20-/m1/s1. The van der Waals surface area contributed by atoms with Gasteiger partial charge in [-0.3, -0.25) is 4.79 Å². The number of hydrogen-bond acceptors (Lipinski definition) is 3. The molecule has 3 rings (SSSR count). The van der Waals surface area contributed by atoms with E-state index in [9.17, 15) is 19.8 Å². The number of carbonyl (C=O) groups excluding carboxylic acids is 1. The number of carboxylic acids is 1. The first-order valence-corrected chi connectivity index (χ1v) is 8.95. The van der Waals surface area contributed by atoms with Crippen molar-refractivity contribution in [2.24, 2.45) is 0 Å². The lowest BCUT2D eigenvalue weighted by Crippen LogP contribution is -2.44. The highest BCUT2D eigenvalue weighted by Gasteiger charge is 2.27. The lowest BCUT2D eigenvalue weighted by Gasteiger charge is -2.21. The van der Waals surface area contributed by atoms with Gasteiger partial charge >= 0.3 is 5.97 Å². The number of hydrogen-bond donors (Lipinski definition) is 3. The predicted octanol–water partition coefficient (Wildman–Crippen LogP) is 3.34. The molecule has 0 unspecified atom stereocenters. The van der Waals surface area contributed by atoms with Crippen LogP contribution >= 0.6 is 0 Å². The summed E-state index contributed by atoms with van der Waals surface area (Å²) in [5, 5.41) is 21.7. The first kappa shape index (κ1) is 19.2. The molecule has 0 aliphatic heterocycles. The van der Waals surface area contributed by atoms with Crippen molar-refractivity contribution in [1.82, 2.24) is 5.32 Å². The van der Waals surface area contributed by atoms with Gasteiger partial charge in [0.05, 0.1) is 5.92 Å². The molecule has 3 N–H and O–H groups in total. The van der Waals surface area contributed by atoms with Crippen molar-refractivity contribution in [1.29, 1.82) is 0 Å². The van der Waals surface area contributed by atoms with E-state index in [4.69, 9.17) is 0 Å². The highest BCUT2D eigenvalue weighted by molar-refractivity contribution is 5.90. The fourth-order valence-electron chi connectivity index (χ4n) is 3.11. The minimum absolute atomic E-state index is 0.105. The van der Waals surface area contributed by atoms with E-state index in [2.05, 4.69) is 5.32 Å². The first-order valence-electron chi connectivity index (χ1n) is 8.95. The van der Waals surface area contributed by atoms with Crippen LogP contribution in [0.15, 0.2) is 84.9 Å². The van der Waals surface area contributed by atoms with Crippen LogP contribution in [0.25, 0.3) is 0 Å². The number of rotatable bonds is 7. The summed E-state index contributed by atoms with van der Waals surface area (Å²) in [7, 11) is 0. The molecule has 0 heterocycles. The molecule has 0 spiro atoms. The number of phenols is 1. The van der Waals surface area contributed by atoms with Crippen LogP contribution in [-0.2, 0) is 16.0 Å². The molecule has 0 aliphatic carbocycles. The maximum absolute atomic E-state index is 13.1. The van der Waals surface area contributed by atoms with Gasteiger partial charge in [0.25, 0.3) is 0 Å². The number of aromatic hydroxyl groups is 1. The summed E-state index contributed by atoms with van der Waals surface area (Å²) in [5.41, 5.74) is 2.29. The molecule has 3 aromatic carbocycles. The predicted molar refractivity (Wildman–Crippen MR) is 106 cm³/mol. The number of amides is 1. The third-order valence-electron chi connectivity index (χ3n) is 4.52. The Hall–Kier alpha value is -3.60. The topological polar surface area (TPSA) is 86.6 Å². The van der Waals surface area contributed by atoms with Crippen molar-refractivity contribution in [3.8, 4) is 5.75 Å². The Balaban J connectivity index is 1.85. The molecule has 0 saturated heterocycles. The maximum Gasteiger partial charge on any atom is 0.326 e. The Labute approximate surface area is 163 Å². The lowest BCUT2D eigenvalue weighted by atomic mass is 9.90. The Morgan fingerprint density at radius 2 is 1.29 bits per heavy atom. The molecule has 0 radical (unpaired) electrons. The van der Waals surface area contributed by atoms with E-state index in [-0.39, 0.29) is 18.1 Å². The summed E-state index contributed by atoms with van der Waals surface area (Å²) in [6.07, 6.45) is 0.123. The summed E-state index contributed by atoms with van der Waals surface area (Å²) in [6, 6.07) is 23.8. The molecular formula is C23H21NO4. The SMILES string of the molecule is O=C(N[C@H](Cc1ccc(O)cc1)C(=O)O)C(c1ccccc1)c1ccccc1. The third-order valence-corrected chi connectivity index (χ3v) is 4.52. The average Bonchev–Trinajstić information content (AvgIpc) is 2.71. The molecule has 1 atom stereocenters. The van der Waals surface area contributed by atoms with Gasteiger partial charge in [-0.05, 0) is 28.8 Å².